The lowest BCUT2D eigenvalue weighted by atomic mass is 10.1. The van der Waals surface area contributed by atoms with Crippen LogP contribution in [0.2, 0.25) is 0 Å². The Bertz CT molecular complexity index is 562. The SMILES string of the molecule is Cn1cccc1[C@@H]1COCCN1C(=O)c1ccsc1. The fourth-order valence-electron chi connectivity index (χ4n) is 2.46. The summed E-state index contributed by atoms with van der Waals surface area (Å²) in [6.07, 6.45) is 2.00. The van der Waals surface area contributed by atoms with Gasteiger partial charge in [0.1, 0.15) is 0 Å². The second-order valence-electron chi connectivity index (χ2n) is 4.65. The average molecular weight is 276 g/mol. The van der Waals surface area contributed by atoms with E-state index in [1.54, 1.807) is 11.3 Å². The molecule has 5 heteroatoms. The van der Waals surface area contributed by atoms with E-state index in [0.717, 1.165) is 11.3 Å². The third kappa shape index (κ3) is 2.31. The number of aryl methyl sites for hydroxylation is 1. The summed E-state index contributed by atoms with van der Waals surface area (Å²) in [6, 6.07) is 5.93. The van der Waals surface area contributed by atoms with Crippen LogP contribution >= 0.6 is 11.3 Å². The Morgan fingerprint density at radius 1 is 1.47 bits per heavy atom. The molecule has 2 aromatic heterocycles. The average Bonchev–Trinajstić information content (AvgIpc) is 3.09. The monoisotopic (exact) mass is 276 g/mol. The molecule has 0 aromatic carbocycles. The first-order valence-corrected chi connectivity index (χ1v) is 7.24. The van der Waals surface area contributed by atoms with E-state index in [1.807, 2.05) is 51.7 Å². The van der Waals surface area contributed by atoms with Crippen LogP contribution in [-0.4, -0.2) is 35.1 Å². The highest BCUT2D eigenvalue weighted by atomic mass is 32.1. The summed E-state index contributed by atoms with van der Waals surface area (Å²) in [6.45, 7) is 1.81. The third-order valence-corrected chi connectivity index (χ3v) is 4.17. The molecule has 1 saturated heterocycles. The Morgan fingerprint density at radius 3 is 3.05 bits per heavy atom. The molecule has 0 saturated carbocycles. The molecule has 0 radical (unpaired) electrons. The maximum atomic E-state index is 12.5. The fourth-order valence-corrected chi connectivity index (χ4v) is 3.09. The van der Waals surface area contributed by atoms with Gasteiger partial charge in [0.25, 0.3) is 5.91 Å². The van der Waals surface area contributed by atoms with E-state index >= 15 is 0 Å². The highest BCUT2D eigenvalue weighted by Crippen LogP contribution is 2.26. The number of hydrogen-bond acceptors (Lipinski definition) is 3. The standard InChI is InChI=1S/C14H16N2O2S/c1-15-5-2-3-12(15)13-9-18-7-6-16(13)14(17)11-4-8-19-10-11/h2-5,8,10,13H,6-7,9H2,1H3/t13-/m0/s1. The molecule has 1 atom stereocenters. The molecule has 4 nitrogen and oxygen atoms in total. The second-order valence-corrected chi connectivity index (χ2v) is 5.43. The number of ether oxygens (including phenoxy) is 1. The number of amides is 1. The predicted molar refractivity (Wildman–Crippen MR) is 74.3 cm³/mol. The van der Waals surface area contributed by atoms with E-state index in [9.17, 15) is 4.79 Å². The van der Waals surface area contributed by atoms with Crippen molar-refractivity contribution >= 4 is 17.2 Å². The van der Waals surface area contributed by atoms with Crippen LogP contribution in [0.25, 0.3) is 0 Å². The quantitative estimate of drug-likeness (QED) is 0.843. The van der Waals surface area contributed by atoms with E-state index in [0.29, 0.717) is 19.8 Å². The predicted octanol–water partition coefficient (Wildman–Crippen LogP) is 2.30. The van der Waals surface area contributed by atoms with Crippen molar-refractivity contribution in [1.29, 1.82) is 0 Å². The van der Waals surface area contributed by atoms with Crippen molar-refractivity contribution in [2.24, 2.45) is 7.05 Å². The number of nitrogens with zero attached hydrogens (tertiary/aromatic N) is 2. The molecule has 3 rings (SSSR count). The normalized spacial score (nSPS) is 19.6. The Kier molecular flexibility index (Phi) is 3.40. The second kappa shape index (κ2) is 5.19. The van der Waals surface area contributed by atoms with Crippen LogP contribution in [0.3, 0.4) is 0 Å². The number of thiophene rings is 1. The summed E-state index contributed by atoms with van der Waals surface area (Å²) in [4.78, 5) is 14.5. The molecule has 1 aliphatic rings. The van der Waals surface area contributed by atoms with Crippen molar-refractivity contribution in [1.82, 2.24) is 9.47 Å². The van der Waals surface area contributed by atoms with Crippen molar-refractivity contribution in [3.8, 4) is 0 Å². The third-order valence-electron chi connectivity index (χ3n) is 3.48. The van der Waals surface area contributed by atoms with Gasteiger partial charge in [-0.05, 0) is 23.6 Å². The molecule has 19 heavy (non-hydrogen) atoms. The maximum Gasteiger partial charge on any atom is 0.255 e. The zero-order chi connectivity index (χ0) is 13.2. The summed E-state index contributed by atoms with van der Waals surface area (Å²) in [5.74, 6) is 0.0933. The van der Waals surface area contributed by atoms with Crippen LogP contribution in [0.15, 0.2) is 35.2 Å². The van der Waals surface area contributed by atoms with Crippen LogP contribution in [0.5, 0.6) is 0 Å². The Hall–Kier alpha value is -1.59. The van der Waals surface area contributed by atoms with E-state index in [-0.39, 0.29) is 11.9 Å². The molecule has 100 valence electrons. The molecule has 3 heterocycles. The van der Waals surface area contributed by atoms with Crippen molar-refractivity contribution < 1.29 is 9.53 Å². The van der Waals surface area contributed by atoms with Crippen LogP contribution in [0.1, 0.15) is 22.1 Å². The fraction of sp³-hybridized carbons (Fsp3) is 0.357. The molecule has 0 unspecified atom stereocenters. The molecule has 1 fully saturated rings. The number of aromatic nitrogens is 1. The van der Waals surface area contributed by atoms with Crippen LogP contribution < -0.4 is 0 Å². The minimum Gasteiger partial charge on any atom is -0.377 e. The Labute approximate surface area is 116 Å². The number of morpholine rings is 1. The van der Waals surface area contributed by atoms with Gasteiger partial charge in [0.2, 0.25) is 0 Å². The molecule has 2 aromatic rings. The summed E-state index contributed by atoms with van der Waals surface area (Å²) < 4.78 is 7.60. The molecule has 0 bridgehead atoms. The van der Waals surface area contributed by atoms with Crippen LogP contribution in [0, 0.1) is 0 Å². The Morgan fingerprint density at radius 2 is 2.37 bits per heavy atom. The van der Waals surface area contributed by atoms with Gasteiger partial charge in [-0.1, -0.05) is 0 Å². The molecule has 1 amide bonds. The van der Waals surface area contributed by atoms with Gasteiger partial charge in [-0.15, -0.1) is 0 Å². The largest absolute Gasteiger partial charge is 0.377 e. The van der Waals surface area contributed by atoms with Gasteiger partial charge < -0.3 is 14.2 Å². The smallest absolute Gasteiger partial charge is 0.255 e. The van der Waals surface area contributed by atoms with Gasteiger partial charge in [-0.25, -0.2) is 0 Å². The molecule has 1 aliphatic heterocycles. The topological polar surface area (TPSA) is 34.5 Å². The van der Waals surface area contributed by atoms with Gasteiger partial charge in [-0.3, -0.25) is 4.79 Å². The number of rotatable bonds is 2. The summed E-state index contributed by atoms with van der Waals surface area (Å²) in [7, 11) is 2.00. The zero-order valence-electron chi connectivity index (χ0n) is 10.8. The van der Waals surface area contributed by atoms with Crippen molar-refractivity contribution in [2.45, 2.75) is 6.04 Å². The van der Waals surface area contributed by atoms with Gasteiger partial charge in [0.15, 0.2) is 0 Å². The molecule has 0 spiro atoms. The highest BCUT2D eigenvalue weighted by molar-refractivity contribution is 7.08. The van der Waals surface area contributed by atoms with Gasteiger partial charge >= 0.3 is 0 Å². The summed E-state index contributed by atoms with van der Waals surface area (Å²) in [5, 5.41) is 3.84. The van der Waals surface area contributed by atoms with Gasteiger partial charge in [0, 0.05) is 30.9 Å². The summed E-state index contributed by atoms with van der Waals surface area (Å²) in [5.41, 5.74) is 1.88. The first-order chi connectivity index (χ1) is 9.27. The summed E-state index contributed by atoms with van der Waals surface area (Å²) >= 11 is 1.55. The van der Waals surface area contributed by atoms with Crippen molar-refractivity contribution in [2.75, 3.05) is 19.8 Å². The number of hydrogen-bond donors (Lipinski definition) is 0. The number of carbonyl (C=O) groups excluding carboxylic acids is 1. The lowest BCUT2D eigenvalue weighted by Gasteiger charge is -2.35. The van der Waals surface area contributed by atoms with Gasteiger partial charge in [-0.2, -0.15) is 11.3 Å². The van der Waals surface area contributed by atoms with Crippen molar-refractivity contribution in [3.63, 3.8) is 0 Å². The molecular weight excluding hydrogens is 260 g/mol. The molecule has 0 N–H and O–H groups in total. The van der Waals surface area contributed by atoms with E-state index in [1.165, 1.54) is 0 Å². The Balaban J connectivity index is 1.90. The number of carbonyl (C=O) groups is 1. The molecule has 0 aliphatic carbocycles. The zero-order valence-corrected chi connectivity index (χ0v) is 11.6. The minimum absolute atomic E-state index is 0.00106. The van der Waals surface area contributed by atoms with Crippen molar-refractivity contribution in [3.05, 3.63) is 46.4 Å². The van der Waals surface area contributed by atoms with E-state index in [2.05, 4.69) is 0 Å². The van der Waals surface area contributed by atoms with E-state index < -0.39 is 0 Å². The first-order valence-electron chi connectivity index (χ1n) is 6.29. The minimum atomic E-state index is 0.00106. The van der Waals surface area contributed by atoms with E-state index in [4.69, 9.17) is 4.74 Å². The molecular formula is C14H16N2O2S. The maximum absolute atomic E-state index is 12.5. The first kappa shape index (κ1) is 12.4. The van der Waals surface area contributed by atoms with Crippen LogP contribution in [0.4, 0.5) is 0 Å². The lowest BCUT2D eigenvalue weighted by molar-refractivity contribution is -0.00460. The van der Waals surface area contributed by atoms with Crippen LogP contribution in [-0.2, 0) is 11.8 Å². The van der Waals surface area contributed by atoms with Gasteiger partial charge in [0.05, 0.1) is 24.8 Å². The lowest BCUT2D eigenvalue weighted by Crippen LogP contribution is -2.43. The highest BCUT2D eigenvalue weighted by Gasteiger charge is 2.30.